The molecule has 1 N–H and O–H groups in total. The first kappa shape index (κ1) is 27.7. The summed E-state index contributed by atoms with van der Waals surface area (Å²) in [6.07, 6.45) is 4.10. The van der Waals surface area contributed by atoms with Gasteiger partial charge < -0.3 is 10.1 Å². The summed E-state index contributed by atoms with van der Waals surface area (Å²) in [4.78, 5) is 11.4. The summed E-state index contributed by atoms with van der Waals surface area (Å²) in [5.41, 5.74) is 5.59. The fraction of sp³-hybridized carbons (Fsp3) is 0.355. The minimum atomic E-state index is -3.96. The summed E-state index contributed by atoms with van der Waals surface area (Å²) in [7, 11) is -2.35. The highest BCUT2D eigenvalue weighted by molar-refractivity contribution is 7.92. The number of thiazole rings is 1. The van der Waals surface area contributed by atoms with E-state index < -0.39 is 10.0 Å². The molecule has 4 aromatic rings. The molecule has 2 bridgehead atoms. The quantitative estimate of drug-likeness (QED) is 0.259. The van der Waals surface area contributed by atoms with Crippen LogP contribution in [0, 0.1) is 18.8 Å². The van der Waals surface area contributed by atoms with Crippen molar-refractivity contribution in [1.82, 2.24) is 14.9 Å². The third-order valence-corrected chi connectivity index (χ3v) is 10.5. The molecule has 6 rings (SSSR count). The number of pyridine rings is 1. The van der Waals surface area contributed by atoms with Gasteiger partial charge in [0.2, 0.25) is 0 Å². The Morgan fingerprint density at radius 3 is 2.39 bits per heavy atom. The molecule has 3 heterocycles. The predicted octanol–water partition coefficient (Wildman–Crippen LogP) is 5.57. The van der Waals surface area contributed by atoms with E-state index in [-0.39, 0.29) is 11.6 Å². The Bertz CT molecular complexity index is 1550. The number of likely N-dealkylation sites (tertiary alicyclic amines) is 1. The average Bonchev–Trinajstić information content (AvgIpc) is 3.59. The molecule has 1 aliphatic heterocycles. The number of piperidine rings is 1. The molecule has 8 nitrogen and oxygen atoms in total. The van der Waals surface area contributed by atoms with Crippen molar-refractivity contribution < 1.29 is 13.2 Å². The van der Waals surface area contributed by atoms with Crippen LogP contribution in [0.3, 0.4) is 0 Å². The zero-order valence-electron chi connectivity index (χ0n) is 23.3. The third-order valence-electron chi connectivity index (χ3n) is 8.28. The number of aryl methyl sites for hydroxylation is 1. The molecule has 2 aromatic heterocycles. The van der Waals surface area contributed by atoms with Gasteiger partial charge in [0, 0.05) is 31.1 Å². The lowest BCUT2D eigenvalue weighted by atomic mass is 9.91. The highest BCUT2D eigenvalue weighted by Crippen LogP contribution is 2.39. The standard InChI is InChI=1S/C31H35N5O3S2/c1-22-14-30(41(37,38)36(29-20-40-21-33-29)17-24-8-12-27(39-2)13-9-24)32-15-28(22)34-31-25-10-11-26(31)19-35(18-25)16-23-6-4-3-5-7-23/h3-9,12-15,20-21,25-26,31,34H,10-11,16-19H2,1-2H3/t25-,26+,31+. The molecule has 10 heteroatoms. The average molecular weight is 590 g/mol. The first-order chi connectivity index (χ1) is 19.9. The summed E-state index contributed by atoms with van der Waals surface area (Å²) in [6, 6.07) is 20.1. The van der Waals surface area contributed by atoms with Crippen LogP contribution in [-0.4, -0.2) is 49.5 Å². The van der Waals surface area contributed by atoms with Gasteiger partial charge in [-0.1, -0.05) is 42.5 Å². The number of aromatic nitrogens is 2. The van der Waals surface area contributed by atoms with E-state index in [1.54, 1.807) is 30.3 Å². The number of fused-ring (bicyclic) bond motifs is 2. The van der Waals surface area contributed by atoms with E-state index >= 15 is 0 Å². The molecule has 1 saturated carbocycles. The minimum Gasteiger partial charge on any atom is -0.497 e. The zero-order valence-corrected chi connectivity index (χ0v) is 24.9. The summed E-state index contributed by atoms with van der Waals surface area (Å²) < 4.78 is 34.3. The molecule has 1 aliphatic carbocycles. The predicted molar refractivity (Wildman–Crippen MR) is 163 cm³/mol. The first-order valence-corrected chi connectivity index (χ1v) is 16.3. The number of hydrogen-bond acceptors (Lipinski definition) is 8. The van der Waals surface area contributed by atoms with E-state index in [2.05, 4.69) is 50.5 Å². The number of methoxy groups -OCH3 is 1. The Balaban J connectivity index is 1.18. The molecule has 214 valence electrons. The number of nitrogens with zero attached hydrogens (tertiary/aromatic N) is 4. The minimum absolute atomic E-state index is 0.0164. The van der Waals surface area contributed by atoms with Gasteiger partial charge in [0.25, 0.3) is 10.0 Å². The molecule has 0 radical (unpaired) electrons. The molecule has 0 spiro atoms. The van der Waals surface area contributed by atoms with Crippen molar-refractivity contribution in [2.24, 2.45) is 11.8 Å². The van der Waals surface area contributed by atoms with Crippen LogP contribution in [0.15, 0.2) is 82.8 Å². The summed E-state index contributed by atoms with van der Waals surface area (Å²) in [6.45, 7) is 5.21. The SMILES string of the molecule is COc1ccc(CN(c2cscn2)S(=O)(=O)c2cc(C)c(N[C@H]3[C@@H]4CC[C@H]3CN(Cc3ccccc3)C4)cn2)cc1. The van der Waals surface area contributed by atoms with Crippen molar-refractivity contribution >= 4 is 32.9 Å². The van der Waals surface area contributed by atoms with E-state index in [0.717, 1.165) is 36.4 Å². The number of anilines is 2. The maximum atomic E-state index is 13.9. The van der Waals surface area contributed by atoms with Crippen LogP contribution < -0.4 is 14.4 Å². The van der Waals surface area contributed by atoms with Crippen LogP contribution in [0.5, 0.6) is 5.75 Å². The van der Waals surface area contributed by atoms with E-state index in [1.165, 1.54) is 34.0 Å². The Morgan fingerprint density at radius 2 is 1.76 bits per heavy atom. The summed E-state index contributed by atoms with van der Waals surface area (Å²) in [5.74, 6) is 2.22. The maximum absolute atomic E-state index is 13.9. The number of nitrogens with one attached hydrogen (secondary N) is 1. The van der Waals surface area contributed by atoms with Gasteiger partial charge in [-0.3, -0.25) is 4.90 Å². The van der Waals surface area contributed by atoms with Crippen LogP contribution in [0.4, 0.5) is 11.5 Å². The maximum Gasteiger partial charge on any atom is 0.283 e. The molecule has 0 amide bonds. The molecular formula is C31H35N5O3S2. The van der Waals surface area contributed by atoms with Crippen molar-refractivity contribution in [1.29, 1.82) is 0 Å². The fourth-order valence-corrected chi connectivity index (χ4v) is 8.16. The van der Waals surface area contributed by atoms with Crippen LogP contribution in [0.1, 0.15) is 29.5 Å². The van der Waals surface area contributed by atoms with Gasteiger partial charge in [-0.05, 0) is 66.5 Å². The van der Waals surface area contributed by atoms with E-state index in [0.29, 0.717) is 29.4 Å². The van der Waals surface area contributed by atoms with Crippen molar-refractivity contribution in [3.63, 3.8) is 0 Å². The lowest BCUT2D eigenvalue weighted by molar-refractivity contribution is 0.148. The molecule has 0 unspecified atom stereocenters. The summed E-state index contributed by atoms with van der Waals surface area (Å²) >= 11 is 1.36. The van der Waals surface area contributed by atoms with Crippen LogP contribution in [-0.2, 0) is 23.1 Å². The smallest absolute Gasteiger partial charge is 0.283 e. The van der Waals surface area contributed by atoms with Gasteiger partial charge in [0.1, 0.15) is 5.75 Å². The monoisotopic (exact) mass is 589 g/mol. The molecular weight excluding hydrogens is 555 g/mol. The number of hydrogen-bond donors (Lipinski definition) is 1. The lowest BCUT2D eigenvalue weighted by Crippen LogP contribution is -2.47. The molecule has 41 heavy (non-hydrogen) atoms. The normalized spacial score (nSPS) is 20.6. The van der Waals surface area contributed by atoms with Gasteiger partial charge in [-0.15, -0.1) is 11.3 Å². The Labute approximate surface area is 246 Å². The molecule has 2 aliphatic rings. The fourth-order valence-electron chi connectivity index (χ4n) is 6.16. The van der Waals surface area contributed by atoms with Gasteiger partial charge in [-0.25, -0.2) is 14.3 Å². The van der Waals surface area contributed by atoms with Crippen LogP contribution >= 0.6 is 11.3 Å². The Kier molecular flexibility index (Phi) is 7.96. The molecule has 2 aromatic carbocycles. The van der Waals surface area contributed by atoms with Gasteiger partial charge >= 0.3 is 0 Å². The van der Waals surface area contributed by atoms with Gasteiger partial charge in [-0.2, -0.15) is 8.42 Å². The van der Waals surface area contributed by atoms with Crippen molar-refractivity contribution in [3.8, 4) is 5.75 Å². The van der Waals surface area contributed by atoms with Crippen LogP contribution in [0.2, 0.25) is 0 Å². The van der Waals surface area contributed by atoms with E-state index in [1.807, 2.05) is 31.2 Å². The number of rotatable bonds is 10. The largest absolute Gasteiger partial charge is 0.497 e. The third kappa shape index (κ3) is 5.95. The lowest BCUT2D eigenvalue weighted by Gasteiger charge is -2.39. The molecule has 3 atom stereocenters. The molecule has 1 saturated heterocycles. The second-order valence-corrected chi connectivity index (χ2v) is 13.5. The number of sulfonamides is 1. The van der Waals surface area contributed by atoms with E-state index in [4.69, 9.17) is 4.74 Å². The first-order valence-electron chi connectivity index (χ1n) is 13.9. The molecule has 2 fully saturated rings. The van der Waals surface area contributed by atoms with E-state index in [9.17, 15) is 8.42 Å². The highest BCUT2D eigenvalue weighted by Gasteiger charge is 2.42. The Hall–Kier alpha value is -3.47. The summed E-state index contributed by atoms with van der Waals surface area (Å²) in [5, 5.41) is 5.52. The van der Waals surface area contributed by atoms with Crippen LogP contribution in [0.25, 0.3) is 0 Å². The van der Waals surface area contributed by atoms with Gasteiger partial charge in [0.15, 0.2) is 10.8 Å². The van der Waals surface area contributed by atoms with Crippen molar-refractivity contribution in [3.05, 3.63) is 94.4 Å². The zero-order chi connectivity index (χ0) is 28.4. The van der Waals surface area contributed by atoms with Crippen molar-refractivity contribution in [2.75, 3.05) is 29.8 Å². The second kappa shape index (κ2) is 11.8. The Morgan fingerprint density at radius 1 is 1.02 bits per heavy atom. The highest BCUT2D eigenvalue weighted by atomic mass is 32.2. The van der Waals surface area contributed by atoms with Gasteiger partial charge in [0.05, 0.1) is 31.0 Å². The number of ether oxygens (including phenoxy) is 1. The topological polar surface area (TPSA) is 87.7 Å². The number of benzene rings is 2. The second-order valence-electron chi connectivity index (χ2n) is 11.0. The van der Waals surface area contributed by atoms with Crippen molar-refractivity contribution in [2.45, 2.75) is 43.9 Å².